The van der Waals surface area contributed by atoms with E-state index in [4.69, 9.17) is 10.7 Å². The zero-order valence-corrected chi connectivity index (χ0v) is 12.8. The van der Waals surface area contributed by atoms with Crippen LogP contribution in [0.5, 0.6) is 0 Å². The standard InChI is InChI=1S/C15H25N5/c1-10(2)14-17-13(16)11(3)15(18-14)20-8-6-19(7-9-20)12-4-5-12/h10,12H,4-9H2,1-3H3,(H2,16,17,18). The Morgan fingerprint density at radius 3 is 2.30 bits per heavy atom. The van der Waals surface area contributed by atoms with Crippen molar-refractivity contribution in [2.45, 2.75) is 45.6 Å². The third-order valence-electron chi connectivity index (χ3n) is 4.37. The van der Waals surface area contributed by atoms with E-state index in [-0.39, 0.29) is 0 Å². The summed E-state index contributed by atoms with van der Waals surface area (Å²) >= 11 is 0. The SMILES string of the molecule is Cc1c(N)nc(C(C)C)nc1N1CCN(C2CC2)CC1. The largest absolute Gasteiger partial charge is 0.383 e. The summed E-state index contributed by atoms with van der Waals surface area (Å²) in [6.45, 7) is 10.6. The molecule has 1 aromatic rings. The highest BCUT2D eigenvalue weighted by molar-refractivity contribution is 5.57. The highest BCUT2D eigenvalue weighted by Crippen LogP contribution is 2.30. The fourth-order valence-corrected chi connectivity index (χ4v) is 2.84. The molecule has 0 spiro atoms. The molecule has 2 aliphatic rings. The Morgan fingerprint density at radius 2 is 1.75 bits per heavy atom. The monoisotopic (exact) mass is 275 g/mol. The van der Waals surface area contributed by atoms with Gasteiger partial charge < -0.3 is 10.6 Å². The minimum Gasteiger partial charge on any atom is -0.383 e. The Morgan fingerprint density at radius 1 is 1.10 bits per heavy atom. The van der Waals surface area contributed by atoms with Gasteiger partial charge in [-0.2, -0.15) is 0 Å². The Hall–Kier alpha value is -1.36. The van der Waals surface area contributed by atoms with Crippen molar-refractivity contribution in [1.82, 2.24) is 14.9 Å². The zero-order chi connectivity index (χ0) is 14.3. The number of nitrogens with two attached hydrogens (primary N) is 1. The molecule has 0 amide bonds. The molecule has 2 N–H and O–H groups in total. The second-order valence-corrected chi connectivity index (χ2v) is 6.32. The summed E-state index contributed by atoms with van der Waals surface area (Å²) < 4.78 is 0. The minimum absolute atomic E-state index is 0.310. The van der Waals surface area contributed by atoms with Gasteiger partial charge >= 0.3 is 0 Å². The molecule has 1 saturated heterocycles. The van der Waals surface area contributed by atoms with Crippen LogP contribution in [0.15, 0.2) is 0 Å². The van der Waals surface area contributed by atoms with Crippen LogP contribution in [0, 0.1) is 6.92 Å². The summed E-state index contributed by atoms with van der Waals surface area (Å²) in [5.41, 5.74) is 7.09. The Kier molecular flexibility index (Phi) is 3.54. The Bertz CT molecular complexity index is 487. The predicted molar refractivity (Wildman–Crippen MR) is 82.1 cm³/mol. The summed E-state index contributed by atoms with van der Waals surface area (Å²) in [4.78, 5) is 14.2. The average molecular weight is 275 g/mol. The Labute approximate surface area is 121 Å². The predicted octanol–water partition coefficient (Wildman–Crippen LogP) is 1.78. The van der Waals surface area contributed by atoms with Crippen molar-refractivity contribution >= 4 is 11.6 Å². The number of hydrogen-bond acceptors (Lipinski definition) is 5. The van der Waals surface area contributed by atoms with Gasteiger partial charge in [-0.25, -0.2) is 9.97 Å². The number of hydrogen-bond donors (Lipinski definition) is 1. The third-order valence-corrected chi connectivity index (χ3v) is 4.37. The highest BCUT2D eigenvalue weighted by Gasteiger charge is 2.32. The summed E-state index contributed by atoms with van der Waals surface area (Å²) in [5, 5.41) is 0. The van der Waals surface area contributed by atoms with E-state index in [1.165, 1.54) is 12.8 Å². The number of nitrogens with zero attached hydrogens (tertiary/aromatic N) is 4. The van der Waals surface area contributed by atoms with Crippen molar-refractivity contribution in [3.63, 3.8) is 0 Å². The van der Waals surface area contributed by atoms with Crippen LogP contribution in [0.2, 0.25) is 0 Å². The molecule has 1 aliphatic carbocycles. The summed E-state index contributed by atoms with van der Waals surface area (Å²) in [6, 6.07) is 0.861. The van der Waals surface area contributed by atoms with E-state index in [1.807, 2.05) is 6.92 Å². The fraction of sp³-hybridized carbons (Fsp3) is 0.733. The first-order valence-electron chi connectivity index (χ1n) is 7.69. The van der Waals surface area contributed by atoms with E-state index in [2.05, 4.69) is 28.6 Å². The quantitative estimate of drug-likeness (QED) is 0.911. The molecule has 2 fully saturated rings. The molecule has 0 aromatic carbocycles. The van der Waals surface area contributed by atoms with Crippen molar-refractivity contribution in [3.8, 4) is 0 Å². The lowest BCUT2D eigenvalue weighted by Gasteiger charge is -2.36. The van der Waals surface area contributed by atoms with Gasteiger partial charge in [-0.05, 0) is 19.8 Å². The summed E-state index contributed by atoms with van der Waals surface area (Å²) in [7, 11) is 0. The van der Waals surface area contributed by atoms with Crippen LogP contribution in [0.25, 0.3) is 0 Å². The van der Waals surface area contributed by atoms with E-state index in [0.717, 1.165) is 49.4 Å². The fourth-order valence-electron chi connectivity index (χ4n) is 2.84. The van der Waals surface area contributed by atoms with E-state index < -0.39 is 0 Å². The lowest BCUT2D eigenvalue weighted by Crippen LogP contribution is -2.47. The topological polar surface area (TPSA) is 58.3 Å². The van der Waals surface area contributed by atoms with Gasteiger partial charge in [-0.3, -0.25) is 4.90 Å². The molecule has 2 heterocycles. The van der Waals surface area contributed by atoms with Crippen molar-refractivity contribution in [2.24, 2.45) is 0 Å². The van der Waals surface area contributed by atoms with E-state index >= 15 is 0 Å². The number of aromatic nitrogens is 2. The van der Waals surface area contributed by atoms with Crippen LogP contribution in [-0.4, -0.2) is 47.1 Å². The van der Waals surface area contributed by atoms with Crippen LogP contribution in [0.3, 0.4) is 0 Å². The molecule has 110 valence electrons. The maximum atomic E-state index is 6.06. The molecule has 5 heteroatoms. The number of nitrogen functional groups attached to an aromatic ring is 1. The minimum atomic E-state index is 0.310. The average Bonchev–Trinajstić information content (AvgIpc) is 3.26. The van der Waals surface area contributed by atoms with Crippen molar-refractivity contribution in [1.29, 1.82) is 0 Å². The first-order chi connectivity index (χ1) is 9.56. The second kappa shape index (κ2) is 5.20. The zero-order valence-electron chi connectivity index (χ0n) is 12.8. The van der Waals surface area contributed by atoms with Gasteiger partial charge in [0.2, 0.25) is 0 Å². The van der Waals surface area contributed by atoms with Crippen molar-refractivity contribution < 1.29 is 0 Å². The van der Waals surface area contributed by atoms with Crippen LogP contribution in [0.4, 0.5) is 11.6 Å². The molecule has 1 aliphatic heterocycles. The third kappa shape index (κ3) is 2.59. The van der Waals surface area contributed by atoms with Gasteiger partial charge in [-0.15, -0.1) is 0 Å². The molecular formula is C15H25N5. The van der Waals surface area contributed by atoms with Crippen molar-refractivity contribution in [3.05, 3.63) is 11.4 Å². The molecule has 5 nitrogen and oxygen atoms in total. The lowest BCUT2D eigenvalue weighted by molar-refractivity contribution is 0.247. The molecule has 1 aromatic heterocycles. The molecule has 20 heavy (non-hydrogen) atoms. The molecular weight excluding hydrogens is 250 g/mol. The number of rotatable bonds is 3. The maximum Gasteiger partial charge on any atom is 0.137 e. The van der Waals surface area contributed by atoms with Gasteiger partial charge in [0.15, 0.2) is 0 Å². The van der Waals surface area contributed by atoms with Crippen LogP contribution >= 0.6 is 0 Å². The van der Waals surface area contributed by atoms with Gasteiger partial charge in [-0.1, -0.05) is 13.8 Å². The van der Waals surface area contributed by atoms with Gasteiger partial charge in [0, 0.05) is 43.7 Å². The molecule has 3 rings (SSSR count). The molecule has 1 saturated carbocycles. The van der Waals surface area contributed by atoms with Crippen LogP contribution in [-0.2, 0) is 0 Å². The van der Waals surface area contributed by atoms with Crippen LogP contribution in [0.1, 0.15) is 44.0 Å². The van der Waals surface area contributed by atoms with Gasteiger partial charge in [0.25, 0.3) is 0 Å². The highest BCUT2D eigenvalue weighted by atomic mass is 15.3. The molecule has 0 atom stereocenters. The molecule has 0 unspecified atom stereocenters. The summed E-state index contributed by atoms with van der Waals surface area (Å²) in [6.07, 6.45) is 2.77. The molecule has 0 bridgehead atoms. The van der Waals surface area contributed by atoms with E-state index in [1.54, 1.807) is 0 Å². The first-order valence-corrected chi connectivity index (χ1v) is 7.69. The maximum absolute atomic E-state index is 6.06. The van der Waals surface area contributed by atoms with Gasteiger partial charge in [0.1, 0.15) is 17.5 Å². The second-order valence-electron chi connectivity index (χ2n) is 6.32. The smallest absolute Gasteiger partial charge is 0.137 e. The first kappa shape index (κ1) is 13.6. The van der Waals surface area contributed by atoms with Crippen LogP contribution < -0.4 is 10.6 Å². The molecule has 0 radical (unpaired) electrons. The number of piperazine rings is 1. The van der Waals surface area contributed by atoms with E-state index in [9.17, 15) is 0 Å². The van der Waals surface area contributed by atoms with Crippen molar-refractivity contribution in [2.75, 3.05) is 36.8 Å². The summed E-state index contributed by atoms with van der Waals surface area (Å²) in [5.74, 6) is 2.83. The van der Waals surface area contributed by atoms with Gasteiger partial charge in [0.05, 0.1) is 0 Å². The number of anilines is 2. The normalized spacial score (nSPS) is 20.7. The Balaban J connectivity index is 1.79. The lowest BCUT2D eigenvalue weighted by atomic mass is 10.2. The van der Waals surface area contributed by atoms with E-state index in [0.29, 0.717) is 11.7 Å².